The van der Waals surface area contributed by atoms with Crippen molar-refractivity contribution in [3.05, 3.63) is 59.7 Å². The third-order valence-electron chi connectivity index (χ3n) is 5.60. The van der Waals surface area contributed by atoms with Crippen LogP contribution in [0.2, 0.25) is 0 Å². The number of amides is 1. The molecular weight excluding hydrogens is 348 g/mol. The second-order valence-corrected chi connectivity index (χ2v) is 7.63. The number of benzene rings is 2. The monoisotopic (exact) mass is 376 g/mol. The van der Waals surface area contributed by atoms with E-state index >= 15 is 0 Å². The van der Waals surface area contributed by atoms with E-state index < -0.39 is 0 Å². The summed E-state index contributed by atoms with van der Waals surface area (Å²) < 4.78 is 2.31. The summed E-state index contributed by atoms with van der Waals surface area (Å²) in [4.78, 5) is 19.4. The molecule has 0 bridgehead atoms. The van der Waals surface area contributed by atoms with Gasteiger partial charge in [0.1, 0.15) is 0 Å². The molecule has 1 aliphatic rings. The predicted molar refractivity (Wildman–Crippen MR) is 114 cm³/mol. The molecule has 2 heterocycles. The number of carbonyl (C=O) groups is 1. The fourth-order valence-electron chi connectivity index (χ4n) is 4.00. The first kappa shape index (κ1) is 18.5. The van der Waals surface area contributed by atoms with Crippen LogP contribution in [0, 0.1) is 12.8 Å². The summed E-state index contributed by atoms with van der Waals surface area (Å²) in [7, 11) is 0. The molecular formula is C23H28N4O. The van der Waals surface area contributed by atoms with Gasteiger partial charge in [-0.1, -0.05) is 42.0 Å². The molecule has 0 aliphatic carbocycles. The summed E-state index contributed by atoms with van der Waals surface area (Å²) in [5.74, 6) is 1.32. The summed E-state index contributed by atoms with van der Waals surface area (Å²) >= 11 is 0. The van der Waals surface area contributed by atoms with Crippen molar-refractivity contribution in [1.82, 2.24) is 14.9 Å². The molecule has 5 heteroatoms. The first-order valence-electron chi connectivity index (χ1n) is 10.2. The molecule has 1 saturated heterocycles. The highest BCUT2D eigenvalue weighted by Gasteiger charge is 2.27. The van der Waals surface area contributed by atoms with Crippen LogP contribution in [0.3, 0.4) is 0 Å². The van der Waals surface area contributed by atoms with Crippen molar-refractivity contribution in [2.75, 3.05) is 24.5 Å². The van der Waals surface area contributed by atoms with E-state index in [1.165, 1.54) is 11.1 Å². The molecule has 1 fully saturated rings. The number of nitrogens with one attached hydrogen (secondary N) is 1. The first-order valence-corrected chi connectivity index (χ1v) is 10.2. The van der Waals surface area contributed by atoms with Crippen molar-refractivity contribution in [1.29, 1.82) is 0 Å². The van der Waals surface area contributed by atoms with Crippen LogP contribution < -0.4 is 10.2 Å². The zero-order valence-electron chi connectivity index (χ0n) is 16.7. The van der Waals surface area contributed by atoms with Gasteiger partial charge >= 0.3 is 0 Å². The SMILES string of the molecule is CCNC(=O)C1CCN(c2nc3ccccc3n2Cc2ccc(C)cc2)CC1. The van der Waals surface area contributed by atoms with Crippen molar-refractivity contribution >= 4 is 22.9 Å². The molecule has 28 heavy (non-hydrogen) atoms. The van der Waals surface area contributed by atoms with E-state index in [9.17, 15) is 4.79 Å². The molecule has 0 radical (unpaired) electrons. The van der Waals surface area contributed by atoms with Gasteiger partial charge in [0, 0.05) is 25.6 Å². The summed E-state index contributed by atoms with van der Waals surface area (Å²) in [6.45, 7) is 7.30. The van der Waals surface area contributed by atoms with Gasteiger partial charge < -0.3 is 14.8 Å². The summed E-state index contributed by atoms with van der Waals surface area (Å²) in [6.07, 6.45) is 1.75. The van der Waals surface area contributed by atoms with Crippen LogP contribution in [0.15, 0.2) is 48.5 Å². The van der Waals surface area contributed by atoms with Crippen molar-refractivity contribution in [2.45, 2.75) is 33.2 Å². The number of carbonyl (C=O) groups excluding carboxylic acids is 1. The van der Waals surface area contributed by atoms with E-state index in [2.05, 4.69) is 64.2 Å². The maximum Gasteiger partial charge on any atom is 0.223 e. The van der Waals surface area contributed by atoms with Crippen LogP contribution >= 0.6 is 0 Å². The van der Waals surface area contributed by atoms with Crippen molar-refractivity contribution < 1.29 is 4.79 Å². The van der Waals surface area contributed by atoms with Crippen LogP contribution in [0.5, 0.6) is 0 Å². The minimum Gasteiger partial charge on any atom is -0.356 e. The van der Waals surface area contributed by atoms with Gasteiger partial charge in [0.25, 0.3) is 0 Å². The number of imidazole rings is 1. The molecule has 0 saturated carbocycles. The Kier molecular flexibility index (Phi) is 5.33. The normalized spacial score (nSPS) is 15.1. The Morgan fingerprint density at radius 1 is 1.11 bits per heavy atom. The number of fused-ring (bicyclic) bond motifs is 1. The number of hydrogen-bond donors (Lipinski definition) is 1. The highest BCUT2D eigenvalue weighted by molar-refractivity contribution is 5.80. The van der Waals surface area contributed by atoms with Crippen LogP contribution in [0.25, 0.3) is 11.0 Å². The van der Waals surface area contributed by atoms with E-state index in [-0.39, 0.29) is 11.8 Å². The van der Waals surface area contributed by atoms with Gasteiger partial charge in [-0.25, -0.2) is 4.98 Å². The minimum absolute atomic E-state index is 0.117. The van der Waals surface area contributed by atoms with E-state index in [0.717, 1.165) is 49.5 Å². The van der Waals surface area contributed by atoms with Gasteiger partial charge in [0.15, 0.2) is 0 Å². The molecule has 0 atom stereocenters. The molecule has 1 amide bonds. The highest BCUT2D eigenvalue weighted by Crippen LogP contribution is 2.28. The Bertz CT molecular complexity index is 952. The number of hydrogen-bond acceptors (Lipinski definition) is 3. The van der Waals surface area contributed by atoms with Crippen LogP contribution in [0.1, 0.15) is 30.9 Å². The topological polar surface area (TPSA) is 50.2 Å². The molecule has 146 valence electrons. The number of para-hydroxylation sites is 2. The lowest BCUT2D eigenvalue weighted by Gasteiger charge is -2.32. The van der Waals surface area contributed by atoms with Gasteiger partial charge in [-0.2, -0.15) is 0 Å². The number of rotatable bonds is 5. The number of nitrogens with zero attached hydrogens (tertiary/aromatic N) is 3. The zero-order valence-corrected chi connectivity index (χ0v) is 16.7. The maximum absolute atomic E-state index is 12.2. The van der Waals surface area contributed by atoms with Crippen molar-refractivity contribution in [3.8, 4) is 0 Å². The van der Waals surface area contributed by atoms with Crippen molar-refractivity contribution in [2.24, 2.45) is 5.92 Å². The standard InChI is InChI=1S/C23H28N4O/c1-3-24-22(28)19-12-14-26(15-13-19)23-25-20-6-4-5-7-21(20)27(23)16-18-10-8-17(2)9-11-18/h4-11,19H,3,12-16H2,1-2H3,(H,24,28). The maximum atomic E-state index is 12.2. The zero-order chi connectivity index (χ0) is 19.5. The average molecular weight is 377 g/mol. The molecule has 4 rings (SSSR count). The van der Waals surface area contributed by atoms with Crippen molar-refractivity contribution in [3.63, 3.8) is 0 Å². The summed E-state index contributed by atoms with van der Waals surface area (Å²) in [5.41, 5.74) is 4.72. The Morgan fingerprint density at radius 2 is 1.82 bits per heavy atom. The molecule has 1 aromatic heterocycles. The van der Waals surface area contributed by atoms with Gasteiger partial charge in [-0.15, -0.1) is 0 Å². The predicted octanol–water partition coefficient (Wildman–Crippen LogP) is 3.75. The van der Waals surface area contributed by atoms with E-state index in [1.54, 1.807) is 0 Å². The Hall–Kier alpha value is -2.82. The molecule has 5 nitrogen and oxygen atoms in total. The molecule has 3 aromatic rings. The van der Waals surface area contributed by atoms with E-state index in [0.29, 0.717) is 6.54 Å². The lowest BCUT2D eigenvalue weighted by atomic mass is 9.96. The molecule has 0 unspecified atom stereocenters. The fraction of sp³-hybridized carbons (Fsp3) is 0.391. The largest absolute Gasteiger partial charge is 0.356 e. The highest BCUT2D eigenvalue weighted by atomic mass is 16.1. The van der Waals surface area contributed by atoms with Crippen LogP contribution in [0.4, 0.5) is 5.95 Å². The smallest absolute Gasteiger partial charge is 0.223 e. The lowest BCUT2D eigenvalue weighted by Crippen LogP contribution is -2.41. The van der Waals surface area contributed by atoms with E-state index in [1.807, 2.05) is 13.0 Å². The van der Waals surface area contributed by atoms with Gasteiger partial charge in [-0.05, 0) is 44.4 Å². The molecule has 0 spiro atoms. The van der Waals surface area contributed by atoms with E-state index in [4.69, 9.17) is 4.98 Å². The molecule has 1 N–H and O–H groups in total. The third-order valence-corrected chi connectivity index (χ3v) is 5.60. The molecule has 1 aliphatic heterocycles. The Morgan fingerprint density at radius 3 is 2.54 bits per heavy atom. The molecule has 2 aromatic carbocycles. The quantitative estimate of drug-likeness (QED) is 0.738. The lowest BCUT2D eigenvalue weighted by molar-refractivity contribution is -0.125. The second kappa shape index (κ2) is 8.05. The van der Waals surface area contributed by atoms with Gasteiger partial charge in [-0.3, -0.25) is 4.79 Å². The van der Waals surface area contributed by atoms with Gasteiger partial charge in [0.2, 0.25) is 11.9 Å². The summed E-state index contributed by atoms with van der Waals surface area (Å²) in [6, 6.07) is 17.0. The number of aryl methyl sites for hydroxylation is 1. The van der Waals surface area contributed by atoms with Crippen LogP contribution in [-0.2, 0) is 11.3 Å². The number of aromatic nitrogens is 2. The third kappa shape index (κ3) is 3.75. The first-order chi connectivity index (χ1) is 13.7. The summed E-state index contributed by atoms with van der Waals surface area (Å²) in [5, 5.41) is 2.96. The number of anilines is 1. The minimum atomic E-state index is 0.117. The fourth-order valence-corrected chi connectivity index (χ4v) is 4.00. The Balaban J connectivity index is 1.60. The van der Waals surface area contributed by atoms with Crippen LogP contribution in [-0.4, -0.2) is 35.1 Å². The van der Waals surface area contributed by atoms with Gasteiger partial charge in [0.05, 0.1) is 17.6 Å². The Labute approximate surface area is 166 Å². The second-order valence-electron chi connectivity index (χ2n) is 7.63. The average Bonchev–Trinajstić information content (AvgIpc) is 3.08. The number of piperidine rings is 1.